The van der Waals surface area contributed by atoms with E-state index >= 15 is 0 Å². The lowest BCUT2D eigenvalue weighted by Gasteiger charge is -2.15. The smallest absolute Gasteiger partial charge is 0.275 e. The van der Waals surface area contributed by atoms with Crippen LogP contribution in [-0.2, 0) is 6.54 Å². The van der Waals surface area contributed by atoms with Crippen molar-refractivity contribution < 1.29 is 4.79 Å². The Morgan fingerprint density at radius 3 is 2.65 bits per heavy atom. The molecule has 20 heavy (non-hydrogen) atoms. The summed E-state index contributed by atoms with van der Waals surface area (Å²) in [5.74, 6) is 0.196. The zero-order valence-electron chi connectivity index (χ0n) is 11.4. The van der Waals surface area contributed by atoms with E-state index in [2.05, 4.69) is 55.9 Å². The lowest BCUT2D eigenvalue weighted by molar-refractivity contribution is 0.0779. The minimum absolute atomic E-state index is 0.0930. The summed E-state index contributed by atoms with van der Waals surface area (Å²) in [5.41, 5.74) is 1.38. The number of amides is 1. The Kier molecular flexibility index (Phi) is 5.04. The highest BCUT2D eigenvalue weighted by Gasteiger charge is 2.22. The molecule has 108 valence electrons. The summed E-state index contributed by atoms with van der Waals surface area (Å²) in [6, 6.07) is 4.00. The van der Waals surface area contributed by atoms with Crippen molar-refractivity contribution in [3.05, 3.63) is 36.7 Å². The fourth-order valence-electron chi connectivity index (χ4n) is 1.79. The molecule has 0 unspecified atom stereocenters. The molecule has 1 amide bonds. The number of nitrogens with one attached hydrogen (secondary N) is 1. The van der Waals surface area contributed by atoms with E-state index in [9.17, 15) is 4.79 Å². The first kappa shape index (κ1) is 15.7. The second-order valence-electron chi connectivity index (χ2n) is 4.82. The molecular formula is C13H15Br2N3OS. The van der Waals surface area contributed by atoms with Crippen LogP contribution in [0.2, 0.25) is 0 Å². The fourth-order valence-corrected chi connectivity index (χ4v) is 4.13. The number of hydrogen-bond donors (Lipinski definition) is 1. The number of H-pyrrole nitrogens is 1. The third-order valence-corrected chi connectivity index (χ3v) is 5.29. The molecule has 2 aromatic heterocycles. The van der Waals surface area contributed by atoms with E-state index in [1.807, 2.05) is 12.1 Å². The normalized spacial score (nSPS) is 11.1. The number of nitrogens with zero attached hydrogens (tertiary/aromatic N) is 2. The van der Waals surface area contributed by atoms with Gasteiger partial charge in [-0.2, -0.15) is 5.10 Å². The van der Waals surface area contributed by atoms with E-state index in [1.165, 1.54) is 0 Å². The summed E-state index contributed by atoms with van der Waals surface area (Å²) in [6.45, 7) is 4.68. The van der Waals surface area contributed by atoms with Crippen molar-refractivity contribution in [1.82, 2.24) is 15.1 Å². The lowest BCUT2D eigenvalue weighted by Crippen LogP contribution is -2.26. The summed E-state index contributed by atoms with van der Waals surface area (Å²) in [4.78, 5) is 15.2. The molecule has 0 atom stereocenters. The van der Waals surface area contributed by atoms with Crippen LogP contribution in [0, 0.1) is 0 Å². The quantitative estimate of drug-likeness (QED) is 0.797. The Bertz CT molecular complexity index is 621. The second kappa shape index (κ2) is 6.41. The van der Waals surface area contributed by atoms with Crippen LogP contribution in [-0.4, -0.2) is 28.1 Å². The first-order valence-corrected chi connectivity index (χ1v) is 8.53. The summed E-state index contributed by atoms with van der Waals surface area (Å²) in [7, 11) is 1.78. The van der Waals surface area contributed by atoms with Gasteiger partial charge in [0.05, 0.1) is 20.5 Å². The monoisotopic (exact) mass is 419 g/mol. The maximum Gasteiger partial charge on any atom is 0.275 e. The van der Waals surface area contributed by atoms with Crippen LogP contribution in [0.5, 0.6) is 0 Å². The van der Waals surface area contributed by atoms with Crippen LogP contribution in [0.25, 0.3) is 0 Å². The average Bonchev–Trinajstić information content (AvgIpc) is 2.94. The standard InChI is InChI=1S/C13H15Br2N3OS/c1-7(2)11-10(15)12(17-16-11)13(19)18(3)6-8-4-5-9(14)20-8/h4-5,7H,6H2,1-3H3,(H,16,17). The SMILES string of the molecule is CC(C)c1[nH]nc(C(=O)N(C)Cc2ccc(Br)s2)c1Br. The highest BCUT2D eigenvalue weighted by molar-refractivity contribution is 9.11. The minimum atomic E-state index is -0.0930. The van der Waals surface area contributed by atoms with Crippen LogP contribution in [0.4, 0.5) is 0 Å². The molecule has 7 heteroatoms. The first-order chi connectivity index (χ1) is 9.40. The summed E-state index contributed by atoms with van der Waals surface area (Å²) in [6.07, 6.45) is 0. The Labute approximate surface area is 138 Å². The predicted molar refractivity (Wildman–Crippen MR) is 88.2 cm³/mol. The van der Waals surface area contributed by atoms with Crippen molar-refractivity contribution in [2.24, 2.45) is 0 Å². The van der Waals surface area contributed by atoms with Gasteiger partial charge in [0.2, 0.25) is 0 Å². The topological polar surface area (TPSA) is 49.0 Å². The maximum absolute atomic E-state index is 12.4. The number of thiophene rings is 1. The highest BCUT2D eigenvalue weighted by Crippen LogP contribution is 2.27. The van der Waals surface area contributed by atoms with Gasteiger partial charge >= 0.3 is 0 Å². The van der Waals surface area contributed by atoms with Gasteiger partial charge in [-0.25, -0.2) is 0 Å². The average molecular weight is 421 g/mol. The van der Waals surface area contributed by atoms with Crippen LogP contribution in [0.15, 0.2) is 20.4 Å². The maximum atomic E-state index is 12.4. The lowest BCUT2D eigenvalue weighted by atomic mass is 10.1. The van der Waals surface area contributed by atoms with Gasteiger partial charge in [-0.15, -0.1) is 11.3 Å². The molecule has 0 spiro atoms. The van der Waals surface area contributed by atoms with Gasteiger partial charge in [0.1, 0.15) is 0 Å². The van der Waals surface area contributed by atoms with Crippen molar-refractivity contribution in [3.63, 3.8) is 0 Å². The third kappa shape index (κ3) is 3.32. The molecule has 0 aliphatic heterocycles. The second-order valence-corrected chi connectivity index (χ2v) is 8.16. The van der Waals surface area contributed by atoms with E-state index in [4.69, 9.17) is 0 Å². The van der Waals surface area contributed by atoms with Crippen LogP contribution in [0.3, 0.4) is 0 Å². The van der Waals surface area contributed by atoms with Crippen molar-refractivity contribution in [2.45, 2.75) is 26.3 Å². The molecule has 1 N–H and O–H groups in total. The van der Waals surface area contributed by atoms with Gasteiger partial charge in [0.25, 0.3) is 5.91 Å². The molecule has 0 radical (unpaired) electrons. The zero-order valence-corrected chi connectivity index (χ0v) is 15.4. The van der Waals surface area contributed by atoms with Crippen molar-refractivity contribution in [2.75, 3.05) is 7.05 Å². The van der Waals surface area contributed by atoms with Gasteiger partial charge in [0.15, 0.2) is 5.69 Å². The van der Waals surface area contributed by atoms with E-state index in [0.717, 1.165) is 18.8 Å². The number of hydrogen-bond acceptors (Lipinski definition) is 3. The highest BCUT2D eigenvalue weighted by atomic mass is 79.9. The number of halogens is 2. The number of carbonyl (C=O) groups excluding carboxylic acids is 1. The van der Waals surface area contributed by atoms with Crippen LogP contribution >= 0.6 is 43.2 Å². The molecule has 4 nitrogen and oxygen atoms in total. The van der Waals surface area contributed by atoms with Crippen molar-refractivity contribution in [3.8, 4) is 0 Å². The van der Waals surface area contributed by atoms with Gasteiger partial charge in [-0.05, 0) is 49.9 Å². The minimum Gasteiger partial charge on any atom is -0.335 e. The number of carbonyl (C=O) groups is 1. The molecule has 0 saturated heterocycles. The Balaban J connectivity index is 2.14. The Hall–Kier alpha value is -0.660. The molecule has 0 aromatic carbocycles. The summed E-state index contributed by atoms with van der Waals surface area (Å²) < 4.78 is 1.83. The predicted octanol–water partition coefficient (Wildman–Crippen LogP) is 4.39. The molecule has 2 rings (SSSR count). The molecule has 0 bridgehead atoms. The Morgan fingerprint density at radius 2 is 2.15 bits per heavy atom. The van der Waals surface area contributed by atoms with E-state index in [1.54, 1.807) is 23.3 Å². The first-order valence-electron chi connectivity index (χ1n) is 6.13. The van der Waals surface area contributed by atoms with Crippen LogP contribution < -0.4 is 0 Å². The largest absolute Gasteiger partial charge is 0.335 e. The molecule has 2 aromatic rings. The fraction of sp³-hybridized carbons (Fsp3) is 0.385. The van der Waals surface area contributed by atoms with Gasteiger partial charge in [-0.3, -0.25) is 9.89 Å². The summed E-state index contributed by atoms with van der Waals surface area (Å²) >= 11 is 8.52. The number of aromatic nitrogens is 2. The molecule has 0 saturated carbocycles. The molecule has 2 heterocycles. The third-order valence-electron chi connectivity index (χ3n) is 2.88. The van der Waals surface area contributed by atoms with Gasteiger partial charge in [0, 0.05) is 11.9 Å². The Morgan fingerprint density at radius 1 is 1.45 bits per heavy atom. The zero-order chi connectivity index (χ0) is 14.9. The van der Waals surface area contributed by atoms with E-state index in [-0.39, 0.29) is 11.8 Å². The number of aromatic amines is 1. The molecular weight excluding hydrogens is 406 g/mol. The summed E-state index contributed by atoms with van der Waals surface area (Å²) in [5, 5.41) is 7.06. The van der Waals surface area contributed by atoms with Gasteiger partial charge in [-0.1, -0.05) is 13.8 Å². The van der Waals surface area contributed by atoms with E-state index in [0.29, 0.717) is 12.2 Å². The van der Waals surface area contributed by atoms with Crippen molar-refractivity contribution in [1.29, 1.82) is 0 Å². The molecule has 0 fully saturated rings. The molecule has 0 aliphatic rings. The van der Waals surface area contributed by atoms with Gasteiger partial charge < -0.3 is 4.90 Å². The van der Waals surface area contributed by atoms with Crippen LogP contribution in [0.1, 0.15) is 40.8 Å². The van der Waals surface area contributed by atoms with E-state index < -0.39 is 0 Å². The molecule has 0 aliphatic carbocycles. The number of rotatable bonds is 4. The van der Waals surface area contributed by atoms with Crippen molar-refractivity contribution >= 4 is 49.1 Å².